The summed E-state index contributed by atoms with van der Waals surface area (Å²) in [6, 6.07) is 13.4. The van der Waals surface area contributed by atoms with Gasteiger partial charge in [0.05, 0.1) is 6.54 Å². The van der Waals surface area contributed by atoms with Crippen LogP contribution in [0.4, 0.5) is 0 Å². The van der Waals surface area contributed by atoms with Crippen LogP contribution in [0.25, 0.3) is 0 Å². The van der Waals surface area contributed by atoms with Crippen LogP contribution in [0.1, 0.15) is 16.9 Å². The van der Waals surface area contributed by atoms with Crippen molar-refractivity contribution < 1.29 is 14.3 Å². The van der Waals surface area contributed by atoms with E-state index in [1.54, 1.807) is 7.11 Å². The second kappa shape index (κ2) is 6.46. The number of nitrogens with zero attached hydrogens (tertiary/aromatic N) is 2. The first kappa shape index (κ1) is 15.6. The molecule has 0 bridgehead atoms. The quantitative estimate of drug-likeness (QED) is 0.851. The van der Waals surface area contributed by atoms with Crippen molar-refractivity contribution >= 4 is 5.91 Å². The molecule has 2 heterocycles. The Morgan fingerprint density at radius 2 is 2.00 bits per heavy atom. The highest BCUT2D eigenvalue weighted by Crippen LogP contribution is 2.27. The maximum Gasteiger partial charge on any atom is 0.270 e. The van der Waals surface area contributed by atoms with E-state index in [-0.39, 0.29) is 5.91 Å². The molecule has 1 fully saturated rings. The van der Waals surface area contributed by atoms with E-state index in [2.05, 4.69) is 0 Å². The number of aryl methyl sites for hydroxylation is 1. The van der Waals surface area contributed by atoms with Gasteiger partial charge in [-0.15, -0.1) is 0 Å². The molecule has 23 heavy (non-hydrogen) atoms. The molecule has 1 atom stereocenters. The molecule has 0 spiro atoms. The van der Waals surface area contributed by atoms with Gasteiger partial charge < -0.3 is 18.9 Å². The summed E-state index contributed by atoms with van der Waals surface area (Å²) >= 11 is 0. The fourth-order valence-electron chi connectivity index (χ4n) is 2.94. The van der Waals surface area contributed by atoms with Crippen LogP contribution in [0, 0.1) is 0 Å². The molecule has 1 aromatic carbocycles. The van der Waals surface area contributed by atoms with E-state index in [0.29, 0.717) is 25.4 Å². The number of methoxy groups -OCH3 is 1. The monoisotopic (exact) mass is 314 g/mol. The number of hydrogen-bond donors (Lipinski definition) is 0. The SMILES string of the molecule is COC1(COc2ccccc2)CCN(C(=O)c2cccn2C)C1. The van der Waals surface area contributed by atoms with Gasteiger partial charge in [0, 0.05) is 26.9 Å². The molecular weight excluding hydrogens is 292 g/mol. The molecule has 2 aromatic rings. The molecule has 0 aliphatic carbocycles. The number of aromatic nitrogens is 1. The third-order valence-corrected chi connectivity index (χ3v) is 4.44. The lowest BCUT2D eigenvalue weighted by molar-refractivity contribution is -0.0343. The Labute approximate surface area is 136 Å². The van der Waals surface area contributed by atoms with Crippen LogP contribution < -0.4 is 4.74 Å². The zero-order valence-corrected chi connectivity index (χ0v) is 13.6. The van der Waals surface area contributed by atoms with Gasteiger partial charge in [-0.05, 0) is 30.7 Å². The minimum Gasteiger partial charge on any atom is -0.491 e. The van der Waals surface area contributed by atoms with Crippen LogP contribution in [0.15, 0.2) is 48.7 Å². The number of carbonyl (C=O) groups excluding carboxylic acids is 1. The molecule has 5 nitrogen and oxygen atoms in total. The number of rotatable bonds is 5. The molecule has 5 heteroatoms. The summed E-state index contributed by atoms with van der Waals surface area (Å²) in [6.45, 7) is 1.65. The third-order valence-electron chi connectivity index (χ3n) is 4.44. The fraction of sp³-hybridized carbons (Fsp3) is 0.389. The molecular formula is C18H22N2O3. The van der Waals surface area contributed by atoms with Crippen molar-refractivity contribution in [1.82, 2.24) is 9.47 Å². The van der Waals surface area contributed by atoms with E-state index >= 15 is 0 Å². The van der Waals surface area contributed by atoms with Crippen molar-refractivity contribution in [2.75, 3.05) is 26.8 Å². The van der Waals surface area contributed by atoms with E-state index < -0.39 is 5.60 Å². The normalized spacial score (nSPS) is 20.7. The number of hydrogen-bond acceptors (Lipinski definition) is 3. The largest absolute Gasteiger partial charge is 0.491 e. The van der Waals surface area contributed by atoms with Crippen molar-refractivity contribution in [2.24, 2.45) is 7.05 Å². The summed E-state index contributed by atoms with van der Waals surface area (Å²) in [7, 11) is 3.57. The first-order valence-corrected chi connectivity index (χ1v) is 7.77. The third kappa shape index (κ3) is 3.24. The number of para-hydroxylation sites is 1. The maximum absolute atomic E-state index is 12.6. The van der Waals surface area contributed by atoms with Crippen LogP contribution in [-0.2, 0) is 11.8 Å². The molecule has 1 aromatic heterocycles. The molecule has 1 saturated heterocycles. The standard InChI is InChI=1S/C18H22N2O3/c1-19-11-6-9-16(19)17(21)20-12-10-18(13-20,22-2)14-23-15-7-4-3-5-8-15/h3-9,11H,10,12-14H2,1-2H3. The topological polar surface area (TPSA) is 43.7 Å². The lowest BCUT2D eigenvalue weighted by Crippen LogP contribution is -2.42. The summed E-state index contributed by atoms with van der Waals surface area (Å²) in [4.78, 5) is 14.5. The zero-order chi connectivity index (χ0) is 16.3. The van der Waals surface area contributed by atoms with Gasteiger partial charge in [0.15, 0.2) is 0 Å². The molecule has 0 N–H and O–H groups in total. The van der Waals surface area contributed by atoms with Gasteiger partial charge in [-0.1, -0.05) is 18.2 Å². The molecule has 0 saturated carbocycles. The maximum atomic E-state index is 12.6. The first-order chi connectivity index (χ1) is 11.1. The minimum atomic E-state index is -0.448. The Morgan fingerprint density at radius 1 is 1.22 bits per heavy atom. The van der Waals surface area contributed by atoms with Crippen LogP contribution in [0.3, 0.4) is 0 Å². The first-order valence-electron chi connectivity index (χ1n) is 7.77. The van der Waals surface area contributed by atoms with Gasteiger partial charge in [-0.2, -0.15) is 0 Å². The molecule has 1 aliphatic rings. The second-order valence-electron chi connectivity index (χ2n) is 5.97. The second-order valence-corrected chi connectivity index (χ2v) is 5.97. The minimum absolute atomic E-state index is 0.0381. The lowest BCUT2D eigenvalue weighted by Gasteiger charge is -2.28. The number of carbonyl (C=O) groups is 1. The van der Waals surface area contributed by atoms with Gasteiger partial charge in [-0.25, -0.2) is 0 Å². The van der Waals surface area contributed by atoms with Crippen LogP contribution in [0.2, 0.25) is 0 Å². The summed E-state index contributed by atoms with van der Waals surface area (Å²) in [5, 5.41) is 0. The van der Waals surface area contributed by atoms with E-state index in [9.17, 15) is 4.79 Å². The highest BCUT2D eigenvalue weighted by Gasteiger charge is 2.41. The molecule has 3 rings (SSSR count). The number of ether oxygens (including phenoxy) is 2. The number of likely N-dealkylation sites (tertiary alicyclic amines) is 1. The summed E-state index contributed by atoms with van der Waals surface area (Å²) in [5.74, 6) is 0.854. The lowest BCUT2D eigenvalue weighted by atomic mass is 10.0. The predicted octanol–water partition coefficient (Wildman–Crippen LogP) is 2.34. The van der Waals surface area contributed by atoms with Gasteiger partial charge in [0.1, 0.15) is 23.7 Å². The average molecular weight is 314 g/mol. The molecule has 1 aliphatic heterocycles. The molecule has 1 unspecified atom stereocenters. The molecule has 0 radical (unpaired) electrons. The highest BCUT2D eigenvalue weighted by atomic mass is 16.5. The van der Waals surface area contributed by atoms with Gasteiger partial charge in [-0.3, -0.25) is 4.79 Å². The van der Waals surface area contributed by atoms with E-state index in [1.165, 1.54) is 0 Å². The van der Waals surface area contributed by atoms with Crippen molar-refractivity contribution in [2.45, 2.75) is 12.0 Å². The molecule has 122 valence electrons. The Balaban J connectivity index is 1.66. The van der Waals surface area contributed by atoms with Crippen molar-refractivity contribution in [3.8, 4) is 5.75 Å². The van der Waals surface area contributed by atoms with E-state index in [0.717, 1.165) is 12.2 Å². The Kier molecular flexibility index (Phi) is 4.39. The van der Waals surface area contributed by atoms with Crippen molar-refractivity contribution in [3.05, 3.63) is 54.4 Å². The Hall–Kier alpha value is -2.27. The summed E-state index contributed by atoms with van der Waals surface area (Å²) in [6.07, 6.45) is 2.65. The Bertz CT molecular complexity index is 668. The van der Waals surface area contributed by atoms with Crippen LogP contribution >= 0.6 is 0 Å². The zero-order valence-electron chi connectivity index (χ0n) is 13.6. The Morgan fingerprint density at radius 3 is 2.65 bits per heavy atom. The van der Waals surface area contributed by atoms with Crippen LogP contribution in [0.5, 0.6) is 5.75 Å². The van der Waals surface area contributed by atoms with Crippen molar-refractivity contribution in [3.63, 3.8) is 0 Å². The van der Waals surface area contributed by atoms with E-state index in [4.69, 9.17) is 9.47 Å². The molecule has 1 amide bonds. The fourth-order valence-corrected chi connectivity index (χ4v) is 2.94. The van der Waals surface area contributed by atoms with Crippen molar-refractivity contribution in [1.29, 1.82) is 0 Å². The smallest absolute Gasteiger partial charge is 0.270 e. The van der Waals surface area contributed by atoms with Gasteiger partial charge >= 0.3 is 0 Å². The van der Waals surface area contributed by atoms with E-state index in [1.807, 2.05) is 65.2 Å². The summed E-state index contributed by atoms with van der Waals surface area (Å²) < 4.78 is 13.4. The average Bonchev–Trinajstić information content (AvgIpc) is 3.20. The predicted molar refractivity (Wildman–Crippen MR) is 87.6 cm³/mol. The van der Waals surface area contributed by atoms with Gasteiger partial charge in [0.2, 0.25) is 0 Å². The highest BCUT2D eigenvalue weighted by molar-refractivity contribution is 5.93. The van der Waals surface area contributed by atoms with Gasteiger partial charge in [0.25, 0.3) is 5.91 Å². The number of benzene rings is 1. The van der Waals surface area contributed by atoms with Crippen LogP contribution in [-0.4, -0.2) is 47.8 Å². The number of amides is 1. The summed E-state index contributed by atoms with van der Waals surface area (Å²) in [5.41, 5.74) is 0.248.